The van der Waals surface area contributed by atoms with Crippen LogP contribution in [0.3, 0.4) is 0 Å². The Morgan fingerprint density at radius 1 is 1.28 bits per heavy atom. The Balaban J connectivity index is 0.00000312. The van der Waals surface area contributed by atoms with Gasteiger partial charge in [-0.3, -0.25) is 4.99 Å². The lowest BCUT2D eigenvalue weighted by molar-refractivity contribution is -0.0945. The lowest BCUT2D eigenvalue weighted by atomic mass is 9.89. The van der Waals surface area contributed by atoms with Crippen LogP contribution in [0.4, 0.5) is 0 Å². The Kier molecular flexibility index (Phi) is 9.34. The van der Waals surface area contributed by atoms with Crippen molar-refractivity contribution in [3.8, 4) is 11.5 Å². The molecule has 7 heteroatoms. The van der Waals surface area contributed by atoms with E-state index in [1.807, 2.05) is 31.2 Å². The van der Waals surface area contributed by atoms with Gasteiger partial charge < -0.3 is 24.8 Å². The van der Waals surface area contributed by atoms with E-state index < -0.39 is 0 Å². The number of para-hydroxylation sites is 2. The minimum Gasteiger partial charge on any atom is -0.493 e. The molecular formula is C18H30IN3O3. The van der Waals surface area contributed by atoms with Gasteiger partial charge in [-0.25, -0.2) is 0 Å². The molecule has 0 radical (unpaired) electrons. The van der Waals surface area contributed by atoms with E-state index in [2.05, 4.69) is 29.5 Å². The largest absolute Gasteiger partial charge is 0.493 e. The SMILES string of the molecule is CCNC(=NCC1(C)COC1)NCC(C)Oc1ccccc1OC.I. The summed E-state index contributed by atoms with van der Waals surface area (Å²) in [6.07, 6.45) is -0.0206. The maximum absolute atomic E-state index is 5.95. The summed E-state index contributed by atoms with van der Waals surface area (Å²) in [6, 6.07) is 7.66. The first-order chi connectivity index (χ1) is 11.6. The van der Waals surface area contributed by atoms with Gasteiger partial charge in [0.2, 0.25) is 0 Å². The molecule has 6 nitrogen and oxygen atoms in total. The number of halogens is 1. The van der Waals surface area contributed by atoms with E-state index >= 15 is 0 Å². The highest BCUT2D eigenvalue weighted by atomic mass is 127. The number of rotatable bonds is 8. The van der Waals surface area contributed by atoms with Gasteiger partial charge in [0.05, 0.1) is 33.4 Å². The Bertz CT molecular complexity index is 550. The predicted octanol–water partition coefficient (Wildman–Crippen LogP) is 2.67. The zero-order chi connectivity index (χ0) is 17.4. The molecule has 0 amide bonds. The van der Waals surface area contributed by atoms with Crippen molar-refractivity contribution in [1.82, 2.24) is 10.6 Å². The second-order valence-corrected chi connectivity index (χ2v) is 6.46. The summed E-state index contributed by atoms with van der Waals surface area (Å²) in [5, 5.41) is 6.59. The third-order valence-corrected chi connectivity index (χ3v) is 3.82. The minimum atomic E-state index is -0.0206. The molecule has 1 unspecified atom stereocenters. The topological polar surface area (TPSA) is 64.1 Å². The maximum atomic E-state index is 5.95. The number of methoxy groups -OCH3 is 1. The normalized spacial score (nSPS) is 16.9. The molecule has 0 saturated carbocycles. The number of nitrogens with one attached hydrogen (secondary N) is 2. The molecule has 0 aliphatic carbocycles. The van der Waals surface area contributed by atoms with Crippen LogP contribution in [0.15, 0.2) is 29.3 Å². The average molecular weight is 463 g/mol. The molecule has 1 saturated heterocycles. The van der Waals surface area contributed by atoms with Gasteiger partial charge in [-0.05, 0) is 26.0 Å². The van der Waals surface area contributed by atoms with Gasteiger partial charge in [-0.2, -0.15) is 0 Å². The molecule has 1 aromatic carbocycles. The summed E-state index contributed by atoms with van der Waals surface area (Å²) in [4.78, 5) is 4.65. The van der Waals surface area contributed by atoms with E-state index in [0.29, 0.717) is 6.54 Å². The lowest BCUT2D eigenvalue weighted by Crippen LogP contribution is -2.45. The van der Waals surface area contributed by atoms with Crippen LogP contribution in [0, 0.1) is 5.41 Å². The monoisotopic (exact) mass is 463 g/mol. The number of guanidine groups is 1. The summed E-state index contributed by atoms with van der Waals surface area (Å²) >= 11 is 0. The smallest absolute Gasteiger partial charge is 0.191 e. The van der Waals surface area contributed by atoms with Crippen LogP contribution in [0.2, 0.25) is 0 Å². The van der Waals surface area contributed by atoms with Crippen molar-refractivity contribution in [2.24, 2.45) is 10.4 Å². The van der Waals surface area contributed by atoms with E-state index in [0.717, 1.165) is 43.8 Å². The zero-order valence-corrected chi connectivity index (χ0v) is 17.8. The molecule has 1 aliphatic heterocycles. The Morgan fingerprint density at radius 2 is 1.96 bits per heavy atom. The number of hydrogen-bond donors (Lipinski definition) is 2. The van der Waals surface area contributed by atoms with Crippen LogP contribution in [0.25, 0.3) is 0 Å². The number of nitrogens with zero attached hydrogens (tertiary/aromatic N) is 1. The summed E-state index contributed by atoms with van der Waals surface area (Å²) in [5.74, 6) is 2.29. The fourth-order valence-electron chi connectivity index (χ4n) is 2.37. The van der Waals surface area contributed by atoms with Crippen LogP contribution in [-0.2, 0) is 4.74 Å². The molecule has 1 atom stereocenters. The molecule has 1 fully saturated rings. The van der Waals surface area contributed by atoms with Gasteiger partial charge in [0.1, 0.15) is 6.10 Å². The second-order valence-electron chi connectivity index (χ2n) is 6.46. The average Bonchev–Trinajstić information content (AvgIpc) is 2.56. The first kappa shape index (κ1) is 21.8. The third kappa shape index (κ3) is 6.89. The van der Waals surface area contributed by atoms with Gasteiger partial charge in [0, 0.05) is 12.0 Å². The maximum Gasteiger partial charge on any atom is 0.191 e. The highest BCUT2D eigenvalue weighted by molar-refractivity contribution is 14.0. The van der Waals surface area contributed by atoms with Crippen molar-refractivity contribution in [2.45, 2.75) is 26.9 Å². The summed E-state index contributed by atoms with van der Waals surface area (Å²) in [5.41, 5.74) is 0.169. The summed E-state index contributed by atoms with van der Waals surface area (Å²) in [6.45, 7) is 10.1. The molecule has 2 rings (SSSR count). The van der Waals surface area contributed by atoms with Crippen molar-refractivity contribution in [2.75, 3.05) is 40.0 Å². The molecule has 0 aromatic heterocycles. The van der Waals surface area contributed by atoms with Crippen LogP contribution in [0.1, 0.15) is 20.8 Å². The number of benzene rings is 1. The van der Waals surface area contributed by atoms with E-state index in [1.165, 1.54) is 0 Å². The fraction of sp³-hybridized carbons (Fsp3) is 0.611. The first-order valence-electron chi connectivity index (χ1n) is 8.46. The standard InChI is InChI=1S/C18H29N3O3.HI/c1-5-19-17(21-11-18(3)12-23-13-18)20-10-14(2)24-16-9-7-6-8-15(16)22-4;/h6-9,14H,5,10-13H2,1-4H3,(H2,19,20,21);1H. The van der Waals surface area contributed by atoms with Crippen LogP contribution in [0.5, 0.6) is 11.5 Å². The minimum absolute atomic E-state index is 0. The molecule has 142 valence electrons. The second kappa shape index (κ2) is 10.7. The summed E-state index contributed by atoms with van der Waals surface area (Å²) in [7, 11) is 1.64. The molecule has 1 aliphatic rings. The Morgan fingerprint density at radius 3 is 2.52 bits per heavy atom. The van der Waals surface area contributed by atoms with E-state index in [1.54, 1.807) is 7.11 Å². The van der Waals surface area contributed by atoms with Gasteiger partial charge in [-0.15, -0.1) is 24.0 Å². The Labute approximate surface area is 167 Å². The van der Waals surface area contributed by atoms with Crippen molar-refractivity contribution in [3.05, 3.63) is 24.3 Å². The van der Waals surface area contributed by atoms with Crippen molar-refractivity contribution < 1.29 is 14.2 Å². The molecule has 25 heavy (non-hydrogen) atoms. The van der Waals surface area contributed by atoms with Crippen LogP contribution < -0.4 is 20.1 Å². The number of aliphatic imine (C=N–C) groups is 1. The van der Waals surface area contributed by atoms with Gasteiger partial charge in [0.15, 0.2) is 17.5 Å². The number of ether oxygens (including phenoxy) is 3. The lowest BCUT2D eigenvalue weighted by Gasteiger charge is -2.36. The quantitative estimate of drug-likeness (QED) is 0.353. The van der Waals surface area contributed by atoms with E-state index in [-0.39, 0.29) is 35.5 Å². The molecule has 0 bridgehead atoms. The van der Waals surface area contributed by atoms with Gasteiger partial charge in [0.25, 0.3) is 0 Å². The highest BCUT2D eigenvalue weighted by Gasteiger charge is 2.33. The van der Waals surface area contributed by atoms with Crippen molar-refractivity contribution in [3.63, 3.8) is 0 Å². The van der Waals surface area contributed by atoms with E-state index in [9.17, 15) is 0 Å². The Hall–Kier alpha value is -1.22. The molecule has 0 spiro atoms. The predicted molar refractivity (Wildman–Crippen MR) is 111 cm³/mol. The van der Waals surface area contributed by atoms with Gasteiger partial charge >= 0.3 is 0 Å². The van der Waals surface area contributed by atoms with Crippen molar-refractivity contribution >= 4 is 29.9 Å². The zero-order valence-electron chi connectivity index (χ0n) is 15.5. The van der Waals surface area contributed by atoms with Crippen LogP contribution >= 0.6 is 24.0 Å². The fourth-order valence-corrected chi connectivity index (χ4v) is 2.37. The summed E-state index contributed by atoms with van der Waals surface area (Å²) < 4.78 is 16.5. The van der Waals surface area contributed by atoms with Crippen molar-refractivity contribution in [1.29, 1.82) is 0 Å². The van der Waals surface area contributed by atoms with Gasteiger partial charge in [-0.1, -0.05) is 19.1 Å². The third-order valence-electron chi connectivity index (χ3n) is 3.82. The highest BCUT2D eigenvalue weighted by Crippen LogP contribution is 2.27. The molecular weight excluding hydrogens is 433 g/mol. The molecule has 1 aromatic rings. The molecule has 1 heterocycles. The number of hydrogen-bond acceptors (Lipinski definition) is 4. The first-order valence-corrected chi connectivity index (χ1v) is 8.46. The van der Waals surface area contributed by atoms with Crippen LogP contribution in [-0.4, -0.2) is 52.0 Å². The molecule has 2 N–H and O–H groups in total. The van der Waals surface area contributed by atoms with E-state index in [4.69, 9.17) is 14.2 Å².